The molecule has 0 radical (unpaired) electrons. The lowest BCUT2D eigenvalue weighted by Crippen LogP contribution is -2.45. The van der Waals surface area contributed by atoms with Crippen LogP contribution in [0, 0.1) is 0 Å². The maximum Gasteiger partial charge on any atom is 0.327 e. The molecule has 114 valence electrons. The van der Waals surface area contributed by atoms with E-state index in [4.69, 9.17) is 5.11 Å². The third-order valence-electron chi connectivity index (χ3n) is 2.97. The summed E-state index contributed by atoms with van der Waals surface area (Å²) in [5.41, 5.74) is 2.43. The van der Waals surface area contributed by atoms with Gasteiger partial charge in [0.2, 0.25) is 5.91 Å². The van der Waals surface area contributed by atoms with Crippen molar-refractivity contribution in [1.82, 2.24) is 4.90 Å². The monoisotopic (exact) mass is 299 g/mol. The van der Waals surface area contributed by atoms with Crippen LogP contribution in [-0.4, -0.2) is 40.2 Å². The molecule has 0 spiro atoms. The highest BCUT2D eigenvalue weighted by Gasteiger charge is 2.25. The topological polar surface area (TPSA) is 57.6 Å². The Balaban J connectivity index is 4.64. The first-order valence-electron chi connectivity index (χ1n) is 6.69. The summed E-state index contributed by atoms with van der Waals surface area (Å²) < 4.78 is 0. The van der Waals surface area contributed by atoms with Gasteiger partial charge in [0.1, 0.15) is 6.04 Å². The van der Waals surface area contributed by atoms with Gasteiger partial charge in [-0.3, -0.25) is 4.79 Å². The summed E-state index contributed by atoms with van der Waals surface area (Å²) in [6, 6.07) is -0.877. The minimum absolute atomic E-state index is 0.111. The number of allylic oxidation sites excluding steroid dienone is 3. The largest absolute Gasteiger partial charge is 0.480 e. The average Bonchev–Trinajstić information content (AvgIpc) is 2.32. The van der Waals surface area contributed by atoms with Crippen molar-refractivity contribution in [2.75, 3.05) is 12.3 Å². The van der Waals surface area contributed by atoms with E-state index in [0.29, 0.717) is 6.54 Å². The fourth-order valence-corrected chi connectivity index (χ4v) is 2.08. The molecule has 0 aliphatic carbocycles. The van der Waals surface area contributed by atoms with E-state index in [2.05, 4.69) is 32.6 Å². The lowest BCUT2D eigenvalue weighted by atomic mass is 10.1. The smallest absolute Gasteiger partial charge is 0.327 e. The molecule has 0 saturated heterocycles. The molecular formula is C15H25NO3S. The summed E-state index contributed by atoms with van der Waals surface area (Å²) >= 11 is 4.01. The average molecular weight is 299 g/mol. The van der Waals surface area contributed by atoms with Crippen LogP contribution in [0.1, 0.15) is 40.5 Å². The highest BCUT2D eigenvalue weighted by molar-refractivity contribution is 7.80. The van der Waals surface area contributed by atoms with Gasteiger partial charge in [0.15, 0.2) is 0 Å². The molecule has 0 heterocycles. The Morgan fingerprint density at radius 2 is 1.80 bits per heavy atom. The molecule has 0 aliphatic rings. The lowest BCUT2D eigenvalue weighted by molar-refractivity contribution is -0.147. The van der Waals surface area contributed by atoms with Gasteiger partial charge in [0.25, 0.3) is 0 Å². The zero-order valence-corrected chi connectivity index (χ0v) is 13.6. The third-order valence-corrected chi connectivity index (χ3v) is 3.31. The number of carboxylic acid groups (broad SMARTS) is 1. The molecule has 1 atom stereocenters. The number of nitrogens with zero attached hydrogens (tertiary/aromatic N) is 1. The fraction of sp³-hybridized carbons (Fsp3) is 0.600. The molecule has 0 aromatic heterocycles. The van der Waals surface area contributed by atoms with Gasteiger partial charge in [-0.15, -0.1) is 0 Å². The van der Waals surface area contributed by atoms with Crippen LogP contribution in [0.15, 0.2) is 23.3 Å². The van der Waals surface area contributed by atoms with Crippen LogP contribution in [-0.2, 0) is 9.59 Å². The van der Waals surface area contributed by atoms with E-state index in [1.807, 2.05) is 13.0 Å². The molecule has 0 aliphatic heterocycles. The first-order chi connectivity index (χ1) is 9.29. The van der Waals surface area contributed by atoms with Gasteiger partial charge >= 0.3 is 5.97 Å². The molecule has 0 aromatic carbocycles. The SMILES string of the molecule is CC(=O)N(C/C=C(\C)CCC=C(C)C)[C@@H](CS)C(=O)O. The van der Waals surface area contributed by atoms with E-state index in [9.17, 15) is 9.59 Å². The van der Waals surface area contributed by atoms with E-state index >= 15 is 0 Å². The van der Waals surface area contributed by atoms with E-state index in [-0.39, 0.29) is 11.7 Å². The first kappa shape index (κ1) is 18.8. The van der Waals surface area contributed by atoms with Gasteiger partial charge in [-0.1, -0.05) is 23.3 Å². The summed E-state index contributed by atoms with van der Waals surface area (Å²) in [6.07, 6.45) is 5.95. The van der Waals surface area contributed by atoms with Crippen LogP contribution in [0.2, 0.25) is 0 Å². The summed E-state index contributed by atoms with van der Waals surface area (Å²) in [5.74, 6) is -1.16. The van der Waals surface area contributed by atoms with E-state index in [1.165, 1.54) is 17.4 Å². The quantitative estimate of drug-likeness (QED) is 0.535. The number of aliphatic carboxylic acids is 1. The molecule has 0 unspecified atom stereocenters. The Labute approximate surface area is 127 Å². The maximum atomic E-state index is 11.6. The zero-order valence-electron chi connectivity index (χ0n) is 12.7. The Kier molecular flexibility index (Phi) is 9.05. The molecule has 1 N–H and O–H groups in total. The molecule has 0 aromatic rings. The van der Waals surface area contributed by atoms with Crippen molar-refractivity contribution in [2.45, 2.75) is 46.6 Å². The fourth-order valence-electron chi connectivity index (χ4n) is 1.73. The molecule has 0 fully saturated rings. The van der Waals surface area contributed by atoms with Gasteiger partial charge in [0.05, 0.1) is 0 Å². The maximum absolute atomic E-state index is 11.6. The summed E-state index contributed by atoms with van der Waals surface area (Å²) in [7, 11) is 0. The van der Waals surface area contributed by atoms with Gasteiger partial charge in [-0.25, -0.2) is 4.79 Å². The minimum atomic E-state index is -1.02. The predicted octanol–water partition coefficient (Wildman–Crippen LogP) is 2.91. The third kappa shape index (κ3) is 7.38. The number of amides is 1. The highest BCUT2D eigenvalue weighted by Crippen LogP contribution is 2.09. The van der Waals surface area contributed by atoms with Crippen molar-refractivity contribution in [3.63, 3.8) is 0 Å². The van der Waals surface area contributed by atoms with Crippen molar-refractivity contribution < 1.29 is 14.7 Å². The van der Waals surface area contributed by atoms with Crippen molar-refractivity contribution in [3.8, 4) is 0 Å². The molecule has 0 bridgehead atoms. The van der Waals surface area contributed by atoms with Crippen LogP contribution in [0.3, 0.4) is 0 Å². The number of rotatable bonds is 8. The van der Waals surface area contributed by atoms with Crippen LogP contribution in [0.4, 0.5) is 0 Å². The molecule has 20 heavy (non-hydrogen) atoms. The molecule has 0 rings (SSSR count). The summed E-state index contributed by atoms with van der Waals surface area (Å²) in [6.45, 7) is 7.80. The minimum Gasteiger partial charge on any atom is -0.480 e. The molecule has 1 amide bonds. The van der Waals surface area contributed by atoms with Crippen molar-refractivity contribution in [2.24, 2.45) is 0 Å². The van der Waals surface area contributed by atoms with Crippen LogP contribution in [0.25, 0.3) is 0 Å². The van der Waals surface area contributed by atoms with Gasteiger partial charge < -0.3 is 10.0 Å². The van der Waals surface area contributed by atoms with Crippen LogP contribution < -0.4 is 0 Å². The molecule has 0 saturated carbocycles. The molecule has 5 heteroatoms. The lowest BCUT2D eigenvalue weighted by Gasteiger charge is -2.25. The summed E-state index contributed by atoms with van der Waals surface area (Å²) in [4.78, 5) is 24.0. The van der Waals surface area contributed by atoms with E-state index < -0.39 is 12.0 Å². The Morgan fingerprint density at radius 1 is 1.20 bits per heavy atom. The normalized spacial score (nSPS) is 12.8. The number of carboxylic acids is 1. The number of carbonyl (C=O) groups excluding carboxylic acids is 1. The summed E-state index contributed by atoms with van der Waals surface area (Å²) in [5, 5.41) is 9.09. The van der Waals surface area contributed by atoms with Crippen LogP contribution in [0.5, 0.6) is 0 Å². The molecule has 4 nitrogen and oxygen atoms in total. The predicted molar refractivity (Wildman–Crippen MR) is 85.1 cm³/mol. The number of hydrogen-bond donors (Lipinski definition) is 2. The van der Waals surface area contributed by atoms with Crippen molar-refractivity contribution >= 4 is 24.5 Å². The first-order valence-corrected chi connectivity index (χ1v) is 7.32. The second-order valence-corrected chi connectivity index (χ2v) is 5.44. The van der Waals surface area contributed by atoms with Gasteiger partial charge in [-0.05, 0) is 33.6 Å². The van der Waals surface area contributed by atoms with Gasteiger partial charge in [0, 0.05) is 19.2 Å². The van der Waals surface area contributed by atoms with Crippen LogP contribution >= 0.6 is 12.6 Å². The Bertz CT molecular complexity index is 398. The Morgan fingerprint density at radius 3 is 2.20 bits per heavy atom. The second kappa shape index (κ2) is 9.64. The standard InChI is InChI=1S/C15H25NO3S/c1-11(2)6-5-7-12(3)8-9-16(13(4)17)14(10-20)15(18)19/h6,8,14,20H,5,7,9-10H2,1-4H3,(H,18,19)/b12-8+/t14-/m0/s1. The van der Waals surface area contributed by atoms with E-state index in [0.717, 1.165) is 18.4 Å². The van der Waals surface area contributed by atoms with Crippen molar-refractivity contribution in [3.05, 3.63) is 23.3 Å². The van der Waals surface area contributed by atoms with Crippen molar-refractivity contribution in [1.29, 1.82) is 0 Å². The van der Waals surface area contributed by atoms with Gasteiger partial charge in [-0.2, -0.15) is 12.6 Å². The second-order valence-electron chi connectivity index (χ2n) is 5.08. The van der Waals surface area contributed by atoms with E-state index in [1.54, 1.807) is 0 Å². The number of hydrogen-bond acceptors (Lipinski definition) is 3. The zero-order chi connectivity index (χ0) is 15.7. The Hall–Kier alpha value is -1.23. The highest BCUT2D eigenvalue weighted by atomic mass is 32.1. The number of thiol groups is 1. The number of carbonyl (C=O) groups is 2. The molecular weight excluding hydrogens is 274 g/mol.